The lowest BCUT2D eigenvalue weighted by Crippen LogP contribution is -2.10. The summed E-state index contributed by atoms with van der Waals surface area (Å²) in [5, 5.41) is 1.03. The van der Waals surface area contributed by atoms with Gasteiger partial charge in [-0.05, 0) is 27.1 Å². The summed E-state index contributed by atoms with van der Waals surface area (Å²) in [6.45, 7) is 3.00. The molecular formula is C16H20N2O2. The highest BCUT2D eigenvalue weighted by Crippen LogP contribution is 2.24. The molecule has 0 amide bonds. The second-order valence-electron chi connectivity index (χ2n) is 4.84. The molecule has 0 saturated carbocycles. The fourth-order valence-corrected chi connectivity index (χ4v) is 2.08. The molecule has 0 aliphatic rings. The number of ether oxygens (including phenoxy) is 1. The van der Waals surface area contributed by atoms with Crippen LogP contribution in [0.15, 0.2) is 30.3 Å². The van der Waals surface area contributed by atoms with E-state index in [0.717, 1.165) is 23.0 Å². The Morgan fingerprint density at radius 3 is 2.80 bits per heavy atom. The van der Waals surface area contributed by atoms with Crippen LogP contribution in [0.3, 0.4) is 0 Å². The molecule has 0 aliphatic heterocycles. The van der Waals surface area contributed by atoms with Crippen molar-refractivity contribution in [3.8, 4) is 0 Å². The van der Waals surface area contributed by atoms with Crippen LogP contribution in [0.4, 0.5) is 0 Å². The van der Waals surface area contributed by atoms with Crippen LogP contribution in [0.1, 0.15) is 23.0 Å². The molecule has 1 aromatic carbocycles. The molecule has 1 N–H and O–H groups in total. The molecule has 0 spiro atoms. The summed E-state index contributed by atoms with van der Waals surface area (Å²) < 4.78 is 5.11. The van der Waals surface area contributed by atoms with Gasteiger partial charge in [-0.25, -0.2) is 4.79 Å². The van der Waals surface area contributed by atoms with Gasteiger partial charge >= 0.3 is 5.97 Å². The van der Waals surface area contributed by atoms with Crippen LogP contribution in [-0.4, -0.2) is 43.1 Å². The summed E-state index contributed by atoms with van der Waals surface area (Å²) in [6, 6.07) is 7.88. The number of aromatic nitrogens is 1. The molecule has 4 nitrogen and oxygen atoms in total. The number of nitrogens with one attached hydrogen (secondary N) is 1. The average Bonchev–Trinajstić information content (AvgIpc) is 2.78. The van der Waals surface area contributed by atoms with Crippen LogP contribution < -0.4 is 0 Å². The van der Waals surface area contributed by atoms with E-state index in [4.69, 9.17) is 4.74 Å². The van der Waals surface area contributed by atoms with Gasteiger partial charge in [0, 0.05) is 23.0 Å². The molecule has 1 heterocycles. The number of H-pyrrole nitrogens is 1. The Labute approximate surface area is 119 Å². The van der Waals surface area contributed by atoms with Crippen molar-refractivity contribution in [2.45, 2.75) is 6.92 Å². The van der Waals surface area contributed by atoms with Crippen molar-refractivity contribution in [2.24, 2.45) is 0 Å². The van der Waals surface area contributed by atoms with E-state index >= 15 is 0 Å². The van der Waals surface area contributed by atoms with E-state index in [-0.39, 0.29) is 5.97 Å². The van der Waals surface area contributed by atoms with E-state index in [1.165, 1.54) is 0 Å². The smallest absolute Gasteiger partial charge is 0.355 e. The molecule has 2 rings (SSSR count). The summed E-state index contributed by atoms with van der Waals surface area (Å²) in [6.07, 6.45) is 4.02. The van der Waals surface area contributed by atoms with Crippen LogP contribution in [0, 0.1) is 0 Å². The lowest BCUT2D eigenvalue weighted by Gasteiger charge is -2.04. The third-order valence-corrected chi connectivity index (χ3v) is 2.98. The molecule has 4 heteroatoms. The van der Waals surface area contributed by atoms with Gasteiger partial charge < -0.3 is 14.6 Å². The minimum absolute atomic E-state index is 0.312. The van der Waals surface area contributed by atoms with Gasteiger partial charge in [-0.15, -0.1) is 0 Å². The van der Waals surface area contributed by atoms with Gasteiger partial charge in [0.05, 0.1) is 6.61 Å². The summed E-state index contributed by atoms with van der Waals surface area (Å²) >= 11 is 0. The first-order valence-electron chi connectivity index (χ1n) is 6.72. The van der Waals surface area contributed by atoms with Crippen molar-refractivity contribution in [3.05, 3.63) is 41.6 Å². The maximum absolute atomic E-state index is 12.0. The standard InChI is InChI=1S/C16H20N2O2/c1-4-20-16(19)15-13(9-7-11-18(2)3)12-8-5-6-10-14(12)17-15/h5-10,17H,4,11H2,1-3H3. The maximum Gasteiger partial charge on any atom is 0.355 e. The van der Waals surface area contributed by atoms with Gasteiger partial charge in [-0.2, -0.15) is 0 Å². The molecular weight excluding hydrogens is 252 g/mol. The van der Waals surface area contributed by atoms with E-state index in [0.29, 0.717) is 12.3 Å². The number of carbonyl (C=O) groups excluding carboxylic acids is 1. The predicted molar refractivity (Wildman–Crippen MR) is 81.8 cm³/mol. The third kappa shape index (κ3) is 3.08. The molecule has 0 fully saturated rings. The number of nitrogens with zero attached hydrogens (tertiary/aromatic N) is 1. The molecule has 0 radical (unpaired) electrons. The Morgan fingerprint density at radius 2 is 2.10 bits per heavy atom. The van der Waals surface area contributed by atoms with E-state index in [2.05, 4.69) is 9.88 Å². The molecule has 0 aliphatic carbocycles. The maximum atomic E-state index is 12.0. The number of likely N-dealkylation sites (N-methyl/N-ethyl adjacent to an activating group) is 1. The largest absolute Gasteiger partial charge is 0.461 e. The van der Waals surface area contributed by atoms with E-state index in [1.54, 1.807) is 0 Å². The number of hydrogen-bond acceptors (Lipinski definition) is 3. The average molecular weight is 272 g/mol. The van der Waals surface area contributed by atoms with Gasteiger partial charge in [0.15, 0.2) is 0 Å². The summed E-state index contributed by atoms with van der Waals surface area (Å²) in [5.41, 5.74) is 2.35. The topological polar surface area (TPSA) is 45.3 Å². The quantitative estimate of drug-likeness (QED) is 0.851. The van der Waals surface area contributed by atoms with Crippen molar-refractivity contribution in [1.82, 2.24) is 9.88 Å². The number of carbonyl (C=O) groups is 1. The monoisotopic (exact) mass is 272 g/mol. The van der Waals surface area contributed by atoms with Gasteiger partial charge in [-0.3, -0.25) is 0 Å². The highest BCUT2D eigenvalue weighted by atomic mass is 16.5. The zero-order valence-electron chi connectivity index (χ0n) is 12.1. The number of esters is 1. The summed E-state index contributed by atoms with van der Waals surface area (Å²) in [4.78, 5) is 17.2. The second-order valence-corrected chi connectivity index (χ2v) is 4.84. The van der Waals surface area contributed by atoms with Crippen LogP contribution >= 0.6 is 0 Å². The van der Waals surface area contributed by atoms with Gasteiger partial charge in [0.1, 0.15) is 5.69 Å². The van der Waals surface area contributed by atoms with Crippen LogP contribution in [0.5, 0.6) is 0 Å². The first-order valence-corrected chi connectivity index (χ1v) is 6.72. The first-order chi connectivity index (χ1) is 9.63. The molecule has 0 bridgehead atoms. The number of benzene rings is 1. The minimum atomic E-state index is -0.312. The zero-order chi connectivity index (χ0) is 14.5. The highest BCUT2D eigenvalue weighted by molar-refractivity contribution is 6.02. The molecule has 0 atom stereocenters. The number of hydrogen-bond donors (Lipinski definition) is 1. The highest BCUT2D eigenvalue weighted by Gasteiger charge is 2.16. The number of rotatable bonds is 5. The normalized spacial score (nSPS) is 11.6. The molecule has 20 heavy (non-hydrogen) atoms. The Hall–Kier alpha value is -2.07. The first kappa shape index (κ1) is 14.3. The van der Waals surface area contributed by atoms with E-state index < -0.39 is 0 Å². The molecule has 1 aromatic heterocycles. The Kier molecular flexibility index (Phi) is 4.58. The summed E-state index contributed by atoms with van der Waals surface area (Å²) in [7, 11) is 4.01. The van der Waals surface area contributed by atoms with E-state index in [9.17, 15) is 4.79 Å². The van der Waals surface area contributed by atoms with Crippen LogP contribution in [0.2, 0.25) is 0 Å². The SMILES string of the molecule is CCOC(=O)c1[nH]c2ccccc2c1C=CCN(C)C. The lowest BCUT2D eigenvalue weighted by atomic mass is 10.1. The van der Waals surface area contributed by atoms with Crippen LogP contribution in [0.25, 0.3) is 17.0 Å². The minimum Gasteiger partial charge on any atom is -0.461 e. The predicted octanol–water partition coefficient (Wildman–Crippen LogP) is 2.92. The third-order valence-electron chi connectivity index (χ3n) is 2.98. The lowest BCUT2D eigenvalue weighted by molar-refractivity contribution is 0.0520. The van der Waals surface area contributed by atoms with E-state index in [1.807, 2.05) is 57.4 Å². The van der Waals surface area contributed by atoms with Gasteiger partial charge in [-0.1, -0.05) is 30.4 Å². The zero-order valence-corrected chi connectivity index (χ0v) is 12.1. The van der Waals surface area contributed by atoms with Crippen molar-refractivity contribution in [1.29, 1.82) is 0 Å². The van der Waals surface area contributed by atoms with Crippen molar-refractivity contribution < 1.29 is 9.53 Å². The number of aromatic amines is 1. The Morgan fingerprint density at radius 1 is 1.35 bits per heavy atom. The van der Waals surface area contributed by atoms with Gasteiger partial charge in [0.2, 0.25) is 0 Å². The number of fused-ring (bicyclic) bond motifs is 1. The molecule has 2 aromatic rings. The fraction of sp³-hybridized carbons (Fsp3) is 0.312. The molecule has 0 unspecified atom stereocenters. The van der Waals surface area contributed by atoms with Crippen molar-refractivity contribution >= 4 is 22.9 Å². The fourth-order valence-electron chi connectivity index (χ4n) is 2.08. The number of para-hydroxylation sites is 1. The van der Waals surface area contributed by atoms with Crippen LogP contribution in [-0.2, 0) is 4.74 Å². The Balaban J connectivity index is 2.44. The van der Waals surface area contributed by atoms with Gasteiger partial charge in [0.25, 0.3) is 0 Å². The van der Waals surface area contributed by atoms with Crippen molar-refractivity contribution in [2.75, 3.05) is 27.2 Å². The van der Waals surface area contributed by atoms with Crippen molar-refractivity contribution in [3.63, 3.8) is 0 Å². The second kappa shape index (κ2) is 6.39. The Bertz CT molecular complexity index is 626. The molecule has 106 valence electrons. The summed E-state index contributed by atoms with van der Waals surface area (Å²) in [5.74, 6) is -0.312. The molecule has 0 saturated heterocycles.